The van der Waals surface area contributed by atoms with Crippen LogP contribution in [0.5, 0.6) is 0 Å². The van der Waals surface area contributed by atoms with Crippen LogP contribution in [0.2, 0.25) is 0 Å². The monoisotopic (exact) mass is 278 g/mol. The van der Waals surface area contributed by atoms with Crippen molar-refractivity contribution in [2.45, 2.75) is 38.9 Å². The van der Waals surface area contributed by atoms with Crippen molar-refractivity contribution in [1.82, 2.24) is 0 Å². The van der Waals surface area contributed by atoms with Crippen LogP contribution in [0, 0.1) is 0 Å². The molecule has 0 aromatic heterocycles. The van der Waals surface area contributed by atoms with Gasteiger partial charge in [-0.05, 0) is 45.9 Å². The lowest BCUT2D eigenvalue weighted by molar-refractivity contribution is -0.133. The summed E-state index contributed by atoms with van der Waals surface area (Å²) in [4.78, 5) is 13.5. The average Bonchev–Trinajstić information content (AvgIpc) is 2.24. The maximum atomic E-state index is 11.4. The first-order chi connectivity index (χ1) is 9.10. The largest absolute Gasteiger partial charge is 0.478 e. The molecular weight excluding hydrogens is 256 g/mol. The van der Waals surface area contributed by atoms with Crippen LogP contribution in [0.4, 0.5) is 11.4 Å². The highest BCUT2D eigenvalue weighted by Gasteiger charge is 2.39. The number of rotatable bonds is 2. The van der Waals surface area contributed by atoms with Crippen molar-refractivity contribution in [2.24, 2.45) is 0 Å². The predicted molar refractivity (Wildman–Crippen MR) is 79.3 cm³/mol. The number of nitrogens with zero attached hydrogens (tertiary/aromatic N) is 1. The van der Waals surface area contributed by atoms with Gasteiger partial charge in [-0.2, -0.15) is 0 Å². The number of carboxylic acids is 1. The lowest BCUT2D eigenvalue weighted by atomic mass is 9.97. The molecule has 3 N–H and O–H groups in total. The van der Waals surface area contributed by atoms with E-state index >= 15 is 0 Å². The van der Waals surface area contributed by atoms with Crippen molar-refractivity contribution in [3.8, 4) is 0 Å². The Morgan fingerprint density at radius 2 is 1.80 bits per heavy atom. The minimum absolute atomic E-state index is 0.235. The van der Waals surface area contributed by atoms with Gasteiger partial charge in [0.1, 0.15) is 0 Å². The normalized spacial score (nSPS) is 20.7. The summed E-state index contributed by atoms with van der Waals surface area (Å²) < 4.78 is 6.02. The molecule has 0 radical (unpaired) electrons. The van der Waals surface area contributed by atoms with Crippen LogP contribution in [0.25, 0.3) is 0 Å². The summed E-state index contributed by atoms with van der Waals surface area (Å²) in [6, 6.07) is 5.01. The number of aromatic carboxylic acids is 1. The van der Waals surface area contributed by atoms with Crippen LogP contribution in [0.3, 0.4) is 0 Å². The van der Waals surface area contributed by atoms with Gasteiger partial charge in [0.15, 0.2) is 0 Å². The number of hydrogen-bond donors (Lipinski definition) is 2. The van der Waals surface area contributed by atoms with Crippen LogP contribution in [-0.2, 0) is 4.74 Å². The summed E-state index contributed by atoms with van der Waals surface area (Å²) in [7, 11) is 0. The van der Waals surface area contributed by atoms with Gasteiger partial charge in [-0.25, -0.2) is 4.79 Å². The van der Waals surface area contributed by atoms with Gasteiger partial charge in [-0.15, -0.1) is 0 Å². The molecule has 1 fully saturated rings. The Hall–Kier alpha value is -1.75. The fourth-order valence-corrected chi connectivity index (χ4v) is 2.96. The number of carbonyl (C=O) groups is 1. The van der Waals surface area contributed by atoms with E-state index in [1.54, 1.807) is 12.1 Å². The first-order valence-corrected chi connectivity index (χ1v) is 6.68. The third kappa shape index (κ3) is 3.04. The zero-order valence-electron chi connectivity index (χ0n) is 12.4. The van der Waals surface area contributed by atoms with Crippen LogP contribution in [0.1, 0.15) is 38.1 Å². The number of carboxylic acid groups (broad SMARTS) is 1. The summed E-state index contributed by atoms with van der Waals surface area (Å²) in [6.45, 7) is 9.33. The number of benzene rings is 1. The topological polar surface area (TPSA) is 75.8 Å². The summed E-state index contributed by atoms with van der Waals surface area (Å²) in [5, 5.41) is 9.37. The van der Waals surface area contributed by atoms with E-state index in [9.17, 15) is 9.90 Å². The Balaban J connectivity index is 2.43. The van der Waals surface area contributed by atoms with E-state index in [1.165, 1.54) is 6.07 Å². The SMILES string of the molecule is CC1(C)CN(c2ccc(N)cc2C(=O)O)CC(C)(C)O1. The molecule has 1 aliphatic rings. The Bertz CT molecular complexity index is 522. The molecule has 0 amide bonds. The van der Waals surface area contributed by atoms with Gasteiger partial charge in [-0.3, -0.25) is 0 Å². The van der Waals surface area contributed by atoms with E-state index in [-0.39, 0.29) is 16.8 Å². The van der Waals surface area contributed by atoms with E-state index in [0.717, 1.165) is 0 Å². The van der Waals surface area contributed by atoms with Crippen molar-refractivity contribution < 1.29 is 14.6 Å². The van der Waals surface area contributed by atoms with Gasteiger partial charge in [0.25, 0.3) is 0 Å². The smallest absolute Gasteiger partial charge is 0.337 e. The number of nitrogen functional groups attached to an aromatic ring is 1. The Morgan fingerprint density at radius 3 is 2.30 bits per heavy atom. The molecule has 1 saturated heterocycles. The first kappa shape index (κ1) is 14.7. The molecule has 0 spiro atoms. The molecule has 1 aromatic rings. The number of hydrogen-bond acceptors (Lipinski definition) is 4. The second-order valence-corrected chi connectivity index (χ2v) is 6.56. The predicted octanol–water partition coefficient (Wildman–Crippen LogP) is 2.36. The highest BCUT2D eigenvalue weighted by Crippen LogP contribution is 2.33. The third-order valence-corrected chi connectivity index (χ3v) is 3.29. The molecule has 0 unspecified atom stereocenters. The van der Waals surface area contributed by atoms with Gasteiger partial charge >= 0.3 is 5.97 Å². The molecule has 110 valence electrons. The van der Waals surface area contributed by atoms with Gasteiger partial charge in [0.05, 0.1) is 22.5 Å². The maximum absolute atomic E-state index is 11.4. The van der Waals surface area contributed by atoms with Gasteiger partial charge in [-0.1, -0.05) is 0 Å². The summed E-state index contributed by atoms with van der Waals surface area (Å²) >= 11 is 0. The highest BCUT2D eigenvalue weighted by atomic mass is 16.5. The highest BCUT2D eigenvalue weighted by molar-refractivity contribution is 5.95. The van der Waals surface area contributed by atoms with Crippen molar-refractivity contribution in [1.29, 1.82) is 0 Å². The first-order valence-electron chi connectivity index (χ1n) is 6.68. The van der Waals surface area contributed by atoms with Crippen LogP contribution in [-0.4, -0.2) is 35.4 Å². The second-order valence-electron chi connectivity index (χ2n) is 6.56. The average molecular weight is 278 g/mol. The van der Waals surface area contributed by atoms with E-state index in [1.807, 2.05) is 27.7 Å². The Kier molecular flexibility index (Phi) is 3.42. The van der Waals surface area contributed by atoms with E-state index in [2.05, 4.69) is 4.90 Å². The molecular formula is C15H22N2O3. The number of morpholine rings is 1. The lowest BCUT2D eigenvalue weighted by Gasteiger charge is -2.48. The Morgan fingerprint density at radius 1 is 1.25 bits per heavy atom. The molecule has 0 aliphatic carbocycles. The van der Waals surface area contributed by atoms with Crippen LogP contribution >= 0.6 is 0 Å². The standard InChI is InChI=1S/C15H22N2O3/c1-14(2)8-17(9-15(3,4)20-14)12-6-5-10(16)7-11(12)13(18)19/h5-7H,8-9,16H2,1-4H3,(H,18,19). The van der Waals surface area contributed by atoms with E-state index in [0.29, 0.717) is 24.5 Å². The number of nitrogens with two attached hydrogens (primary N) is 1. The molecule has 20 heavy (non-hydrogen) atoms. The summed E-state index contributed by atoms with van der Waals surface area (Å²) in [5.41, 5.74) is 6.41. The van der Waals surface area contributed by atoms with Crippen molar-refractivity contribution in [3.05, 3.63) is 23.8 Å². The van der Waals surface area contributed by atoms with Crippen LogP contribution < -0.4 is 10.6 Å². The zero-order chi connectivity index (χ0) is 15.1. The number of anilines is 2. The van der Waals surface area contributed by atoms with Crippen molar-refractivity contribution >= 4 is 17.3 Å². The van der Waals surface area contributed by atoms with E-state index in [4.69, 9.17) is 10.5 Å². The van der Waals surface area contributed by atoms with Gasteiger partial charge < -0.3 is 20.5 Å². The number of ether oxygens (including phenoxy) is 1. The molecule has 1 heterocycles. The van der Waals surface area contributed by atoms with Crippen LogP contribution in [0.15, 0.2) is 18.2 Å². The molecule has 1 aromatic carbocycles. The maximum Gasteiger partial charge on any atom is 0.337 e. The van der Waals surface area contributed by atoms with E-state index < -0.39 is 5.97 Å². The summed E-state index contributed by atoms with van der Waals surface area (Å²) in [5.74, 6) is -0.964. The third-order valence-electron chi connectivity index (χ3n) is 3.29. The molecule has 2 rings (SSSR count). The minimum atomic E-state index is -0.964. The molecule has 5 nitrogen and oxygen atoms in total. The summed E-state index contributed by atoms with van der Waals surface area (Å²) in [6.07, 6.45) is 0. The van der Waals surface area contributed by atoms with Crippen molar-refractivity contribution in [3.63, 3.8) is 0 Å². The van der Waals surface area contributed by atoms with Gasteiger partial charge in [0.2, 0.25) is 0 Å². The quantitative estimate of drug-likeness (QED) is 0.812. The molecule has 0 saturated carbocycles. The second kappa shape index (κ2) is 4.66. The molecule has 1 aliphatic heterocycles. The lowest BCUT2D eigenvalue weighted by Crippen LogP contribution is -2.57. The fraction of sp³-hybridized carbons (Fsp3) is 0.533. The Labute approximate surface area is 119 Å². The molecule has 0 atom stereocenters. The molecule has 0 bridgehead atoms. The fourth-order valence-electron chi connectivity index (χ4n) is 2.96. The van der Waals surface area contributed by atoms with Gasteiger partial charge in [0, 0.05) is 18.8 Å². The minimum Gasteiger partial charge on any atom is -0.478 e. The molecule has 5 heteroatoms. The zero-order valence-corrected chi connectivity index (χ0v) is 12.4. The van der Waals surface area contributed by atoms with Crippen molar-refractivity contribution in [2.75, 3.05) is 23.7 Å².